The Morgan fingerprint density at radius 2 is 1.89 bits per heavy atom. The highest BCUT2D eigenvalue weighted by atomic mass is 16.7. The molecule has 18 heavy (non-hydrogen) atoms. The van der Waals surface area contributed by atoms with E-state index in [9.17, 15) is 9.59 Å². The Morgan fingerprint density at radius 3 is 2.67 bits per heavy atom. The van der Waals surface area contributed by atoms with Crippen LogP contribution >= 0.6 is 0 Å². The number of rotatable bonds is 2. The molecule has 0 unspecified atom stereocenters. The van der Waals surface area contributed by atoms with Crippen LogP contribution in [-0.4, -0.2) is 18.6 Å². The number of fused-ring (bicyclic) bond motifs is 1. The number of carbonyl (C=O) groups excluding carboxylic acids is 2. The van der Waals surface area contributed by atoms with Gasteiger partial charge in [0, 0.05) is 11.5 Å². The van der Waals surface area contributed by atoms with Gasteiger partial charge < -0.3 is 9.47 Å². The van der Waals surface area contributed by atoms with Crippen LogP contribution < -0.4 is 20.3 Å². The van der Waals surface area contributed by atoms with E-state index in [4.69, 9.17) is 9.47 Å². The third-order valence-electron chi connectivity index (χ3n) is 2.88. The fraction of sp³-hybridized carbons (Fsp3) is 0.333. The molecule has 2 aliphatic rings. The third-order valence-corrected chi connectivity index (χ3v) is 2.88. The van der Waals surface area contributed by atoms with Gasteiger partial charge in [-0.3, -0.25) is 20.4 Å². The summed E-state index contributed by atoms with van der Waals surface area (Å²) in [7, 11) is 0. The minimum absolute atomic E-state index is 0.0575. The van der Waals surface area contributed by atoms with E-state index < -0.39 is 0 Å². The molecule has 0 spiro atoms. The van der Waals surface area contributed by atoms with Crippen molar-refractivity contribution in [3.63, 3.8) is 0 Å². The first kappa shape index (κ1) is 10.9. The summed E-state index contributed by atoms with van der Waals surface area (Å²) in [5.41, 5.74) is 5.19. The molecule has 6 nitrogen and oxygen atoms in total. The van der Waals surface area contributed by atoms with E-state index >= 15 is 0 Å². The molecule has 2 N–H and O–H groups in total. The lowest BCUT2D eigenvalue weighted by Crippen LogP contribution is -2.42. The van der Waals surface area contributed by atoms with E-state index in [0.29, 0.717) is 17.1 Å². The molecule has 1 aromatic rings. The predicted octanol–water partition coefficient (Wildman–Crippen LogP) is 0.586. The van der Waals surface area contributed by atoms with Crippen LogP contribution in [0.3, 0.4) is 0 Å². The zero-order chi connectivity index (χ0) is 12.5. The van der Waals surface area contributed by atoms with Crippen LogP contribution in [0.15, 0.2) is 18.2 Å². The van der Waals surface area contributed by atoms with Gasteiger partial charge in [-0.15, -0.1) is 0 Å². The Kier molecular flexibility index (Phi) is 2.55. The molecule has 1 fully saturated rings. The molecule has 0 atom stereocenters. The lowest BCUT2D eigenvalue weighted by atomic mass is 10.2. The van der Waals surface area contributed by atoms with Gasteiger partial charge in [0.25, 0.3) is 5.91 Å². The molecule has 1 aliphatic heterocycles. The number of hydrogen-bond donors (Lipinski definition) is 2. The van der Waals surface area contributed by atoms with Crippen LogP contribution in [0.1, 0.15) is 23.2 Å². The van der Waals surface area contributed by atoms with Crippen molar-refractivity contribution in [1.29, 1.82) is 0 Å². The number of ether oxygens (including phenoxy) is 2. The molecule has 0 saturated heterocycles. The second-order valence-corrected chi connectivity index (χ2v) is 4.29. The van der Waals surface area contributed by atoms with E-state index in [1.807, 2.05) is 0 Å². The molecule has 1 aliphatic carbocycles. The van der Waals surface area contributed by atoms with Crippen molar-refractivity contribution in [2.24, 2.45) is 5.92 Å². The standard InChI is InChI=1S/C12H12N2O4/c15-11(7-1-2-7)13-14-12(16)8-3-4-9-10(5-8)18-6-17-9/h3-5,7H,1-2,6H2,(H,13,15)(H,14,16). The maximum Gasteiger partial charge on any atom is 0.269 e. The normalized spacial score (nSPS) is 16.2. The number of nitrogens with one attached hydrogen (secondary N) is 2. The number of benzene rings is 1. The molecule has 0 aromatic heterocycles. The second kappa shape index (κ2) is 4.21. The van der Waals surface area contributed by atoms with Crippen LogP contribution in [0.2, 0.25) is 0 Å². The van der Waals surface area contributed by atoms with Crippen molar-refractivity contribution in [1.82, 2.24) is 10.9 Å². The van der Waals surface area contributed by atoms with Crippen molar-refractivity contribution >= 4 is 11.8 Å². The molecule has 1 heterocycles. The van der Waals surface area contributed by atoms with Crippen LogP contribution in [0.5, 0.6) is 11.5 Å². The quantitative estimate of drug-likeness (QED) is 0.751. The van der Waals surface area contributed by atoms with E-state index in [-0.39, 0.29) is 24.5 Å². The zero-order valence-electron chi connectivity index (χ0n) is 9.56. The van der Waals surface area contributed by atoms with E-state index in [0.717, 1.165) is 12.8 Å². The summed E-state index contributed by atoms with van der Waals surface area (Å²) in [4.78, 5) is 23.1. The lowest BCUT2D eigenvalue weighted by Gasteiger charge is -2.07. The molecular weight excluding hydrogens is 236 g/mol. The SMILES string of the molecule is O=C(NNC(=O)C1CC1)c1ccc2c(c1)OCO2. The smallest absolute Gasteiger partial charge is 0.269 e. The maximum absolute atomic E-state index is 11.8. The summed E-state index contributed by atoms with van der Waals surface area (Å²) >= 11 is 0. The minimum atomic E-state index is -0.373. The maximum atomic E-state index is 11.8. The molecular formula is C12H12N2O4. The Hall–Kier alpha value is -2.24. The number of amides is 2. The van der Waals surface area contributed by atoms with E-state index in [2.05, 4.69) is 10.9 Å². The summed E-state index contributed by atoms with van der Waals surface area (Å²) in [6, 6.07) is 4.87. The number of carbonyl (C=O) groups is 2. The fourth-order valence-corrected chi connectivity index (χ4v) is 1.68. The van der Waals surface area contributed by atoms with Gasteiger partial charge in [-0.1, -0.05) is 0 Å². The summed E-state index contributed by atoms with van der Waals surface area (Å²) in [6.45, 7) is 0.165. The average molecular weight is 248 g/mol. The molecule has 0 bridgehead atoms. The van der Waals surface area contributed by atoms with Crippen LogP contribution in [0, 0.1) is 5.92 Å². The van der Waals surface area contributed by atoms with Gasteiger partial charge in [-0.2, -0.15) is 0 Å². The average Bonchev–Trinajstić information content (AvgIpc) is 3.13. The highest BCUT2D eigenvalue weighted by molar-refractivity contribution is 5.96. The van der Waals surface area contributed by atoms with E-state index in [1.165, 1.54) is 0 Å². The Balaban J connectivity index is 1.63. The highest BCUT2D eigenvalue weighted by Gasteiger charge is 2.29. The molecule has 2 amide bonds. The zero-order valence-corrected chi connectivity index (χ0v) is 9.56. The summed E-state index contributed by atoms with van der Waals surface area (Å²) in [5.74, 6) is 0.707. The van der Waals surface area contributed by atoms with Crippen LogP contribution in [-0.2, 0) is 4.79 Å². The minimum Gasteiger partial charge on any atom is -0.454 e. The monoisotopic (exact) mass is 248 g/mol. The number of hydrogen-bond acceptors (Lipinski definition) is 4. The summed E-state index contributed by atoms with van der Waals surface area (Å²) in [5, 5.41) is 0. The van der Waals surface area contributed by atoms with Gasteiger partial charge in [-0.05, 0) is 31.0 Å². The van der Waals surface area contributed by atoms with Gasteiger partial charge in [0.2, 0.25) is 12.7 Å². The fourth-order valence-electron chi connectivity index (χ4n) is 1.68. The Labute approximate surface area is 103 Å². The van der Waals surface area contributed by atoms with E-state index in [1.54, 1.807) is 18.2 Å². The topological polar surface area (TPSA) is 76.7 Å². The third kappa shape index (κ3) is 2.09. The first-order valence-corrected chi connectivity index (χ1v) is 5.74. The summed E-state index contributed by atoms with van der Waals surface area (Å²) < 4.78 is 10.3. The van der Waals surface area contributed by atoms with Crippen molar-refractivity contribution in [3.05, 3.63) is 23.8 Å². The summed E-state index contributed by atoms with van der Waals surface area (Å²) in [6.07, 6.45) is 1.79. The van der Waals surface area contributed by atoms with Crippen LogP contribution in [0.25, 0.3) is 0 Å². The lowest BCUT2D eigenvalue weighted by molar-refractivity contribution is -0.123. The van der Waals surface area contributed by atoms with Crippen LogP contribution in [0.4, 0.5) is 0 Å². The molecule has 6 heteroatoms. The first-order valence-electron chi connectivity index (χ1n) is 5.74. The largest absolute Gasteiger partial charge is 0.454 e. The van der Waals surface area contributed by atoms with Crippen molar-refractivity contribution in [2.45, 2.75) is 12.8 Å². The molecule has 0 radical (unpaired) electrons. The molecule has 1 saturated carbocycles. The van der Waals surface area contributed by atoms with Crippen molar-refractivity contribution < 1.29 is 19.1 Å². The molecule has 94 valence electrons. The molecule has 1 aromatic carbocycles. The number of hydrazine groups is 1. The van der Waals surface area contributed by atoms with Gasteiger partial charge in [0.15, 0.2) is 11.5 Å². The predicted molar refractivity (Wildman–Crippen MR) is 60.9 cm³/mol. The van der Waals surface area contributed by atoms with Crippen molar-refractivity contribution in [2.75, 3.05) is 6.79 Å². The van der Waals surface area contributed by atoms with Gasteiger partial charge in [0.1, 0.15) is 0 Å². The van der Waals surface area contributed by atoms with Gasteiger partial charge in [0.05, 0.1) is 0 Å². The Morgan fingerprint density at radius 1 is 1.11 bits per heavy atom. The molecule has 3 rings (SSSR count). The highest BCUT2D eigenvalue weighted by Crippen LogP contribution is 2.32. The van der Waals surface area contributed by atoms with Gasteiger partial charge >= 0.3 is 0 Å². The first-order chi connectivity index (χ1) is 8.74. The van der Waals surface area contributed by atoms with Crippen molar-refractivity contribution in [3.8, 4) is 11.5 Å². The van der Waals surface area contributed by atoms with Gasteiger partial charge in [-0.25, -0.2) is 0 Å². The Bertz CT molecular complexity index is 511. The second-order valence-electron chi connectivity index (χ2n) is 4.29.